The third-order valence-electron chi connectivity index (χ3n) is 5.58. The number of aromatic nitrogens is 1. The summed E-state index contributed by atoms with van der Waals surface area (Å²) in [6.45, 7) is -0.717. The average Bonchev–Trinajstić information content (AvgIpc) is 3.43. The molecule has 188 valence electrons. The standard InChI is InChI=1S/C23H18ClF3N4O4S/c1-31(18(10-32)21(34)35)22-29-20(33)19(36-22)15(11-3-5-17-13(6-11)9-28-30-17)7-12-2-4-14(24)8-16(12)23(25,26)27/h2-6,8-9,18,32-33H,7,10H2,1H3,(H,34,35)/t18-/m0/s1. The largest absolute Gasteiger partial charge is 0.492 e. The molecule has 1 atom stereocenters. The van der Waals surface area contributed by atoms with E-state index in [2.05, 4.69) is 15.2 Å². The molecule has 1 aliphatic heterocycles. The van der Waals surface area contributed by atoms with Crippen molar-refractivity contribution in [2.24, 2.45) is 10.2 Å². The fourth-order valence-electron chi connectivity index (χ4n) is 3.71. The summed E-state index contributed by atoms with van der Waals surface area (Å²) in [6.07, 6.45) is -3.42. The molecule has 4 rings (SSSR count). The van der Waals surface area contributed by atoms with Gasteiger partial charge in [-0.3, -0.25) is 0 Å². The molecule has 2 heterocycles. The molecular weight excluding hydrogens is 521 g/mol. The maximum Gasteiger partial charge on any atom is 0.416 e. The number of carboxylic acids is 1. The summed E-state index contributed by atoms with van der Waals surface area (Å²) in [7, 11) is 1.38. The number of aromatic hydroxyl groups is 1. The monoisotopic (exact) mass is 538 g/mol. The van der Waals surface area contributed by atoms with Gasteiger partial charge in [0.05, 0.1) is 28.6 Å². The summed E-state index contributed by atoms with van der Waals surface area (Å²) in [5, 5.41) is 38.4. The number of aliphatic hydroxyl groups is 1. The summed E-state index contributed by atoms with van der Waals surface area (Å²) >= 11 is 6.73. The maximum absolute atomic E-state index is 13.8. The van der Waals surface area contributed by atoms with E-state index < -0.39 is 36.2 Å². The lowest BCUT2D eigenvalue weighted by atomic mass is 9.96. The number of nitrogens with zero attached hydrogens (tertiary/aromatic N) is 4. The number of hydrogen-bond donors (Lipinski definition) is 3. The number of anilines is 1. The van der Waals surface area contributed by atoms with E-state index in [4.69, 9.17) is 11.6 Å². The van der Waals surface area contributed by atoms with E-state index in [9.17, 15) is 33.3 Å². The molecule has 0 fully saturated rings. The summed E-state index contributed by atoms with van der Waals surface area (Å²) < 4.78 is 41.4. The van der Waals surface area contributed by atoms with Gasteiger partial charge in [-0.2, -0.15) is 28.4 Å². The van der Waals surface area contributed by atoms with Crippen molar-refractivity contribution in [1.29, 1.82) is 0 Å². The highest BCUT2D eigenvalue weighted by Gasteiger charge is 2.34. The minimum atomic E-state index is -4.67. The van der Waals surface area contributed by atoms with Crippen LogP contribution in [-0.4, -0.2) is 52.2 Å². The molecular formula is C23H18ClF3N4O4S. The molecule has 0 bridgehead atoms. The second kappa shape index (κ2) is 9.88. The summed E-state index contributed by atoms with van der Waals surface area (Å²) in [4.78, 5) is 16.8. The van der Waals surface area contributed by atoms with Crippen LogP contribution in [0, 0.1) is 0 Å². The number of thiazole rings is 1. The van der Waals surface area contributed by atoms with Crippen LogP contribution in [-0.2, 0) is 17.4 Å². The molecule has 13 heteroatoms. The molecule has 0 amide bonds. The number of aliphatic hydroxyl groups excluding tert-OH is 1. The van der Waals surface area contributed by atoms with Gasteiger partial charge in [0, 0.05) is 24.1 Å². The Morgan fingerprint density at radius 2 is 1.97 bits per heavy atom. The van der Waals surface area contributed by atoms with Gasteiger partial charge >= 0.3 is 12.1 Å². The highest BCUT2D eigenvalue weighted by atomic mass is 35.5. The second-order valence-corrected chi connectivity index (χ2v) is 9.28. The highest BCUT2D eigenvalue weighted by Crippen LogP contribution is 2.39. The Bertz CT molecular complexity index is 1490. The first kappa shape index (κ1) is 25.6. The van der Waals surface area contributed by atoms with E-state index >= 15 is 0 Å². The van der Waals surface area contributed by atoms with E-state index in [1.165, 1.54) is 30.3 Å². The third kappa shape index (κ3) is 5.06. The van der Waals surface area contributed by atoms with Crippen LogP contribution in [0.15, 0.2) is 46.6 Å². The Morgan fingerprint density at radius 3 is 2.64 bits per heavy atom. The number of carbonyl (C=O) groups is 1. The Hall–Kier alpha value is -3.48. The summed E-state index contributed by atoms with van der Waals surface area (Å²) in [5.41, 5.74) is -0.0406. The van der Waals surface area contributed by atoms with Gasteiger partial charge in [-0.15, -0.1) is 0 Å². The molecule has 0 saturated carbocycles. The van der Waals surface area contributed by atoms with Crippen LogP contribution in [0.3, 0.4) is 0 Å². The highest BCUT2D eigenvalue weighted by molar-refractivity contribution is 7.17. The van der Waals surface area contributed by atoms with Crippen molar-refractivity contribution >= 4 is 45.8 Å². The molecule has 2 aromatic carbocycles. The smallest absolute Gasteiger partial charge is 0.416 e. The molecule has 0 saturated heterocycles. The molecule has 0 spiro atoms. The van der Waals surface area contributed by atoms with Gasteiger partial charge in [-0.1, -0.05) is 35.1 Å². The van der Waals surface area contributed by atoms with Crippen LogP contribution in [0.25, 0.3) is 5.57 Å². The predicted octanol–water partition coefficient (Wildman–Crippen LogP) is 2.81. The van der Waals surface area contributed by atoms with E-state index in [0.29, 0.717) is 21.7 Å². The number of benzene rings is 2. The number of rotatable bonds is 7. The maximum atomic E-state index is 13.8. The van der Waals surface area contributed by atoms with Crippen LogP contribution >= 0.6 is 22.9 Å². The molecule has 3 aromatic rings. The SMILES string of the molecule is CN(c1nc(O)c(C(Cc2ccc(Cl)cc2C(F)(F)F)=c2ccc3c(c2)C=NN=3)s1)[C@@H](CO)C(=O)O. The van der Waals surface area contributed by atoms with Crippen molar-refractivity contribution in [2.75, 3.05) is 18.6 Å². The molecule has 8 nitrogen and oxygen atoms in total. The molecule has 1 aromatic heterocycles. The van der Waals surface area contributed by atoms with E-state index in [-0.39, 0.29) is 27.0 Å². The summed E-state index contributed by atoms with van der Waals surface area (Å²) in [5.74, 6) is -1.79. The average molecular weight is 539 g/mol. The molecule has 0 radical (unpaired) electrons. The van der Waals surface area contributed by atoms with E-state index in [0.717, 1.165) is 17.4 Å². The number of likely N-dealkylation sites (N-methyl/N-ethyl adjacent to an activating group) is 1. The Kier molecular flexibility index (Phi) is 7.03. The number of alkyl halides is 3. The van der Waals surface area contributed by atoms with Gasteiger partial charge in [0.1, 0.15) is 0 Å². The quantitative estimate of drug-likeness (QED) is 0.426. The lowest BCUT2D eigenvalue weighted by Crippen LogP contribution is -2.41. The molecule has 1 aliphatic rings. The minimum Gasteiger partial charge on any atom is -0.492 e. The third-order valence-corrected chi connectivity index (χ3v) is 7.01. The topological polar surface area (TPSA) is 119 Å². The normalized spacial score (nSPS) is 14.3. The Labute approximate surface area is 210 Å². The van der Waals surface area contributed by atoms with Crippen LogP contribution in [0.2, 0.25) is 5.02 Å². The van der Waals surface area contributed by atoms with Crippen molar-refractivity contribution < 1.29 is 33.3 Å². The van der Waals surface area contributed by atoms with Crippen molar-refractivity contribution in [3.05, 3.63) is 73.6 Å². The van der Waals surface area contributed by atoms with Crippen molar-refractivity contribution in [1.82, 2.24) is 4.98 Å². The van der Waals surface area contributed by atoms with E-state index in [1.807, 2.05) is 0 Å². The van der Waals surface area contributed by atoms with Gasteiger partial charge in [0.15, 0.2) is 11.2 Å². The Morgan fingerprint density at radius 1 is 1.22 bits per heavy atom. The van der Waals surface area contributed by atoms with Gasteiger partial charge in [-0.25, -0.2) is 4.79 Å². The zero-order valence-corrected chi connectivity index (χ0v) is 20.1. The fourth-order valence-corrected chi connectivity index (χ4v) is 4.92. The Balaban J connectivity index is 1.91. The zero-order valence-electron chi connectivity index (χ0n) is 18.5. The first-order valence-corrected chi connectivity index (χ1v) is 11.6. The van der Waals surface area contributed by atoms with Crippen LogP contribution in [0.4, 0.5) is 18.3 Å². The van der Waals surface area contributed by atoms with Crippen LogP contribution < -0.4 is 15.5 Å². The number of hydrogen-bond acceptors (Lipinski definition) is 8. The molecule has 0 unspecified atom stereocenters. The number of fused-ring (bicyclic) bond motifs is 1. The van der Waals surface area contributed by atoms with Gasteiger partial charge < -0.3 is 20.2 Å². The first-order chi connectivity index (χ1) is 17.0. The zero-order chi connectivity index (χ0) is 26.2. The molecule has 3 N–H and O–H groups in total. The molecule has 36 heavy (non-hydrogen) atoms. The van der Waals surface area contributed by atoms with Crippen molar-refractivity contribution in [2.45, 2.75) is 18.6 Å². The number of halogens is 4. The van der Waals surface area contributed by atoms with Crippen molar-refractivity contribution in [3.8, 4) is 5.88 Å². The second-order valence-electron chi connectivity index (χ2n) is 7.87. The number of carboxylic acid groups (broad SMARTS) is 1. The minimum absolute atomic E-state index is 0.0614. The van der Waals surface area contributed by atoms with Gasteiger partial charge in [-0.05, 0) is 40.6 Å². The van der Waals surface area contributed by atoms with Crippen LogP contribution in [0.1, 0.15) is 21.6 Å². The lowest BCUT2D eigenvalue weighted by molar-refractivity contribution is -0.139. The van der Waals surface area contributed by atoms with Crippen molar-refractivity contribution in [3.63, 3.8) is 0 Å². The predicted molar refractivity (Wildman–Crippen MR) is 128 cm³/mol. The first-order valence-electron chi connectivity index (χ1n) is 10.4. The summed E-state index contributed by atoms with van der Waals surface area (Å²) in [6, 6.07) is 7.11. The van der Waals surface area contributed by atoms with Gasteiger partial charge in [0.2, 0.25) is 5.88 Å². The van der Waals surface area contributed by atoms with E-state index in [1.54, 1.807) is 18.2 Å². The van der Waals surface area contributed by atoms with Crippen LogP contribution in [0.5, 0.6) is 5.88 Å². The fraction of sp³-hybridized carbons (Fsp3) is 0.217. The lowest BCUT2D eigenvalue weighted by Gasteiger charge is -2.21. The number of aliphatic carboxylic acids is 1. The molecule has 0 aliphatic carbocycles. The van der Waals surface area contributed by atoms with Gasteiger partial charge in [0.25, 0.3) is 0 Å².